The van der Waals surface area contributed by atoms with E-state index in [2.05, 4.69) is 4.98 Å². The Labute approximate surface area is 75.8 Å². The number of pyridine rings is 1. The highest BCUT2D eigenvalue weighted by atomic mass is 31.2. The molecule has 5 nitrogen and oxygen atoms in total. The molecule has 0 bridgehead atoms. The van der Waals surface area contributed by atoms with Crippen molar-refractivity contribution in [2.24, 2.45) is 5.73 Å². The Kier molecular flexibility index (Phi) is 2.54. The highest BCUT2D eigenvalue weighted by molar-refractivity contribution is 7.53. The molecule has 1 unspecified atom stereocenters. The van der Waals surface area contributed by atoms with Gasteiger partial charge >= 0.3 is 7.60 Å². The molecular formula is C7H11N2O3P. The fourth-order valence-corrected chi connectivity index (χ4v) is 1.30. The molecule has 6 heteroatoms. The number of hydrogen-bond donors (Lipinski definition) is 3. The van der Waals surface area contributed by atoms with Crippen LogP contribution in [-0.2, 0) is 9.85 Å². The predicted octanol–water partition coefficient (Wildman–Crippen LogP) is 0.391. The molecule has 0 aliphatic rings. The van der Waals surface area contributed by atoms with Crippen molar-refractivity contribution in [3.8, 4) is 0 Å². The molecule has 1 aromatic heterocycles. The molecule has 0 spiro atoms. The number of aromatic nitrogens is 1. The third kappa shape index (κ3) is 1.95. The fraction of sp³-hybridized carbons (Fsp3) is 0.286. The average molecular weight is 202 g/mol. The van der Waals surface area contributed by atoms with Crippen molar-refractivity contribution < 1.29 is 14.4 Å². The summed E-state index contributed by atoms with van der Waals surface area (Å²) >= 11 is 0. The normalized spacial score (nSPS) is 16.6. The quantitative estimate of drug-likeness (QED) is 0.603. The van der Waals surface area contributed by atoms with Gasteiger partial charge in [0.15, 0.2) is 0 Å². The highest BCUT2D eigenvalue weighted by Gasteiger charge is 2.40. The van der Waals surface area contributed by atoms with Crippen molar-refractivity contribution in [3.63, 3.8) is 0 Å². The minimum Gasteiger partial charge on any atom is -0.323 e. The van der Waals surface area contributed by atoms with Crippen LogP contribution >= 0.6 is 7.60 Å². The standard InChI is InChI=1S/C7H11N2O3P/c1-7(8,13(10,11)12)6-3-2-4-9-5-6/h2-5H,8H2,1H3,(H2,10,11,12). The van der Waals surface area contributed by atoms with Gasteiger partial charge in [-0.1, -0.05) is 6.07 Å². The lowest BCUT2D eigenvalue weighted by Crippen LogP contribution is -2.32. The first-order valence-corrected chi connectivity index (χ1v) is 5.22. The summed E-state index contributed by atoms with van der Waals surface area (Å²) in [5.41, 5.74) is 5.83. The van der Waals surface area contributed by atoms with Gasteiger partial charge in [0.2, 0.25) is 0 Å². The van der Waals surface area contributed by atoms with Crippen molar-refractivity contribution in [2.45, 2.75) is 12.2 Å². The predicted molar refractivity (Wildman–Crippen MR) is 47.8 cm³/mol. The molecule has 1 aromatic rings. The summed E-state index contributed by atoms with van der Waals surface area (Å²) < 4.78 is 11.0. The number of hydrogen-bond acceptors (Lipinski definition) is 3. The van der Waals surface area contributed by atoms with E-state index in [0.29, 0.717) is 5.56 Å². The van der Waals surface area contributed by atoms with Crippen LogP contribution in [0.3, 0.4) is 0 Å². The van der Waals surface area contributed by atoms with Crippen LogP contribution in [0.25, 0.3) is 0 Å². The van der Waals surface area contributed by atoms with Crippen LogP contribution in [0, 0.1) is 0 Å². The van der Waals surface area contributed by atoms with Crippen LogP contribution in [0.15, 0.2) is 24.5 Å². The summed E-state index contributed by atoms with van der Waals surface area (Å²) in [6.07, 6.45) is 2.86. The maximum atomic E-state index is 11.0. The van der Waals surface area contributed by atoms with E-state index in [0.717, 1.165) is 0 Å². The van der Waals surface area contributed by atoms with Gasteiger partial charge in [-0.2, -0.15) is 0 Å². The van der Waals surface area contributed by atoms with Gasteiger partial charge in [-0.15, -0.1) is 0 Å². The van der Waals surface area contributed by atoms with Crippen molar-refractivity contribution in [1.82, 2.24) is 4.98 Å². The van der Waals surface area contributed by atoms with E-state index in [1.165, 1.54) is 25.4 Å². The average Bonchev–Trinajstić information content (AvgIpc) is 2.04. The zero-order chi connectivity index (χ0) is 10.1. The Morgan fingerprint density at radius 1 is 1.62 bits per heavy atom. The molecule has 1 atom stereocenters. The Balaban J connectivity index is 3.16. The van der Waals surface area contributed by atoms with E-state index in [9.17, 15) is 4.57 Å². The molecule has 72 valence electrons. The van der Waals surface area contributed by atoms with Gasteiger partial charge in [0, 0.05) is 18.0 Å². The Bertz CT molecular complexity index is 333. The van der Waals surface area contributed by atoms with E-state index in [1.54, 1.807) is 6.07 Å². The molecule has 0 amide bonds. The summed E-state index contributed by atoms with van der Waals surface area (Å²) in [6, 6.07) is 3.11. The third-order valence-corrected chi connectivity index (χ3v) is 3.32. The molecule has 0 aliphatic heterocycles. The smallest absolute Gasteiger partial charge is 0.323 e. The first-order chi connectivity index (χ1) is 5.86. The van der Waals surface area contributed by atoms with Gasteiger partial charge in [0.25, 0.3) is 0 Å². The first kappa shape index (κ1) is 10.3. The monoisotopic (exact) mass is 202 g/mol. The second-order valence-corrected chi connectivity index (χ2v) is 4.95. The van der Waals surface area contributed by atoms with Gasteiger partial charge in [0.1, 0.15) is 5.28 Å². The van der Waals surface area contributed by atoms with Gasteiger partial charge in [-0.05, 0) is 13.0 Å². The second kappa shape index (κ2) is 3.20. The van der Waals surface area contributed by atoms with Gasteiger partial charge < -0.3 is 15.5 Å². The molecular weight excluding hydrogens is 191 g/mol. The third-order valence-electron chi connectivity index (χ3n) is 1.85. The molecule has 0 aromatic carbocycles. The molecule has 0 aliphatic carbocycles. The maximum Gasteiger partial charge on any atom is 0.349 e. The molecule has 1 rings (SSSR count). The van der Waals surface area contributed by atoms with Crippen molar-refractivity contribution in [1.29, 1.82) is 0 Å². The van der Waals surface area contributed by atoms with E-state index < -0.39 is 12.9 Å². The molecule has 0 saturated carbocycles. The first-order valence-electron chi connectivity index (χ1n) is 3.61. The minimum atomic E-state index is -4.35. The summed E-state index contributed by atoms with van der Waals surface area (Å²) in [5.74, 6) is 0. The largest absolute Gasteiger partial charge is 0.349 e. The van der Waals surface area contributed by atoms with Crippen LogP contribution in [0.1, 0.15) is 12.5 Å². The Morgan fingerprint density at radius 3 is 2.62 bits per heavy atom. The highest BCUT2D eigenvalue weighted by Crippen LogP contribution is 2.52. The molecule has 13 heavy (non-hydrogen) atoms. The van der Waals surface area contributed by atoms with Crippen LogP contribution in [0.2, 0.25) is 0 Å². The fourth-order valence-electron chi connectivity index (χ4n) is 0.830. The van der Waals surface area contributed by atoms with Gasteiger partial charge in [0.05, 0.1) is 0 Å². The van der Waals surface area contributed by atoms with Gasteiger partial charge in [-0.25, -0.2) is 0 Å². The topological polar surface area (TPSA) is 96.4 Å². The van der Waals surface area contributed by atoms with Crippen LogP contribution in [-0.4, -0.2) is 14.8 Å². The van der Waals surface area contributed by atoms with Crippen LogP contribution < -0.4 is 5.73 Å². The van der Waals surface area contributed by atoms with E-state index in [4.69, 9.17) is 15.5 Å². The molecule has 0 radical (unpaired) electrons. The van der Waals surface area contributed by atoms with Crippen molar-refractivity contribution >= 4 is 7.60 Å². The minimum absolute atomic E-state index is 0.323. The van der Waals surface area contributed by atoms with E-state index >= 15 is 0 Å². The lowest BCUT2D eigenvalue weighted by molar-refractivity contribution is 0.333. The molecule has 0 saturated heterocycles. The Morgan fingerprint density at radius 2 is 2.23 bits per heavy atom. The lowest BCUT2D eigenvalue weighted by atomic mass is 10.1. The van der Waals surface area contributed by atoms with Crippen LogP contribution in [0.5, 0.6) is 0 Å². The zero-order valence-electron chi connectivity index (χ0n) is 7.08. The second-order valence-electron chi connectivity index (χ2n) is 2.93. The summed E-state index contributed by atoms with van der Waals surface area (Å²) in [5, 5.41) is -1.67. The Hall–Kier alpha value is -0.740. The zero-order valence-corrected chi connectivity index (χ0v) is 7.98. The van der Waals surface area contributed by atoms with Crippen molar-refractivity contribution in [3.05, 3.63) is 30.1 Å². The molecule has 0 fully saturated rings. The summed E-state index contributed by atoms with van der Waals surface area (Å²) in [4.78, 5) is 21.7. The SMILES string of the molecule is CC(N)(c1cccnc1)P(=O)(O)O. The number of rotatable bonds is 2. The lowest BCUT2D eigenvalue weighted by Gasteiger charge is -2.25. The van der Waals surface area contributed by atoms with E-state index in [1.807, 2.05) is 0 Å². The van der Waals surface area contributed by atoms with Crippen molar-refractivity contribution in [2.75, 3.05) is 0 Å². The summed E-state index contributed by atoms with van der Waals surface area (Å²) in [7, 11) is -4.35. The molecule has 1 heterocycles. The summed E-state index contributed by atoms with van der Waals surface area (Å²) in [6.45, 7) is 1.28. The van der Waals surface area contributed by atoms with Crippen LogP contribution in [0.4, 0.5) is 0 Å². The number of nitrogens with two attached hydrogens (primary N) is 1. The van der Waals surface area contributed by atoms with E-state index in [-0.39, 0.29) is 0 Å². The molecule has 4 N–H and O–H groups in total. The maximum absolute atomic E-state index is 11.0. The van der Waals surface area contributed by atoms with Gasteiger partial charge in [-0.3, -0.25) is 9.55 Å². The number of nitrogens with zero attached hydrogens (tertiary/aromatic N) is 1.